The smallest absolute Gasteiger partial charge is 0.227 e. The molecule has 2 aromatic heterocycles. The SMILES string of the molecule is C#Cc1cccc(NC(=O)CCc2nc(-c3ccncc3)no2)c1. The summed E-state index contributed by atoms with van der Waals surface area (Å²) >= 11 is 0. The molecule has 0 atom stereocenters. The van der Waals surface area contributed by atoms with Crippen LogP contribution in [-0.4, -0.2) is 21.0 Å². The highest BCUT2D eigenvalue weighted by Crippen LogP contribution is 2.15. The van der Waals surface area contributed by atoms with E-state index in [4.69, 9.17) is 10.9 Å². The molecule has 1 amide bonds. The van der Waals surface area contributed by atoms with E-state index in [-0.39, 0.29) is 12.3 Å². The van der Waals surface area contributed by atoms with Gasteiger partial charge in [0.1, 0.15) is 0 Å². The van der Waals surface area contributed by atoms with Gasteiger partial charge in [-0.1, -0.05) is 17.1 Å². The first-order valence-electron chi connectivity index (χ1n) is 7.34. The first kappa shape index (κ1) is 15.4. The molecule has 6 nitrogen and oxygen atoms in total. The Morgan fingerprint density at radius 3 is 2.88 bits per heavy atom. The van der Waals surface area contributed by atoms with Crippen molar-refractivity contribution in [3.63, 3.8) is 0 Å². The van der Waals surface area contributed by atoms with Crippen LogP contribution in [0.4, 0.5) is 5.69 Å². The van der Waals surface area contributed by atoms with E-state index in [1.165, 1.54) is 0 Å². The monoisotopic (exact) mass is 318 g/mol. The summed E-state index contributed by atoms with van der Waals surface area (Å²) in [6.45, 7) is 0. The number of nitrogens with one attached hydrogen (secondary N) is 1. The Morgan fingerprint density at radius 1 is 1.25 bits per heavy atom. The summed E-state index contributed by atoms with van der Waals surface area (Å²) in [7, 11) is 0. The summed E-state index contributed by atoms with van der Waals surface area (Å²) in [5, 5.41) is 6.70. The number of amides is 1. The zero-order valence-corrected chi connectivity index (χ0v) is 12.8. The van der Waals surface area contributed by atoms with E-state index >= 15 is 0 Å². The van der Waals surface area contributed by atoms with Crippen LogP contribution >= 0.6 is 0 Å². The molecule has 0 aliphatic rings. The molecule has 0 aliphatic carbocycles. The van der Waals surface area contributed by atoms with E-state index in [1.54, 1.807) is 48.8 Å². The van der Waals surface area contributed by atoms with Crippen LogP contribution in [0.5, 0.6) is 0 Å². The number of pyridine rings is 1. The van der Waals surface area contributed by atoms with E-state index in [9.17, 15) is 4.79 Å². The molecule has 0 saturated heterocycles. The quantitative estimate of drug-likeness (QED) is 0.732. The van der Waals surface area contributed by atoms with Crippen LogP contribution in [0.3, 0.4) is 0 Å². The maximum atomic E-state index is 12.0. The summed E-state index contributed by atoms with van der Waals surface area (Å²) in [4.78, 5) is 20.2. The number of benzene rings is 1. The topological polar surface area (TPSA) is 80.9 Å². The third kappa shape index (κ3) is 3.84. The van der Waals surface area contributed by atoms with Crippen molar-refractivity contribution in [3.8, 4) is 23.7 Å². The molecule has 0 bridgehead atoms. The fraction of sp³-hybridized carbons (Fsp3) is 0.111. The molecule has 0 fully saturated rings. The van der Waals surface area contributed by atoms with Crippen molar-refractivity contribution in [2.24, 2.45) is 0 Å². The van der Waals surface area contributed by atoms with Crippen LogP contribution in [0.25, 0.3) is 11.4 Å². The lowest BCUT2D eigenvalue weighted by Crippen LogP contribution is -2.12. The maximum absolute atomic E-state index is 12.0. The van der Waals surface area contributed by atoms with Crippen molar-refractivity contribution in [1.29, 1.82) is 0 Å². The Labute approximate surface area is 138 Å². The lowest BCUT2D eigenvalue weighted by molar-refractivity contribution is -0.116. The average molecular weight is 318 g/mol. The zero-order valence-electron chi connectivity index (χ0n) is 12.8. The molecule has 1 N–H and O–H groups in total. The summed E-state index contributed by atoms with van der Waals surface area (Å²) in [5.74, 6) is 3.27. The number of carbonyl (C=O) groups excluding carboxylic acids is 1. The highest BCUT2D eigenvalue weighted by Gasteiger charge is 2.10. The molecule has 2 heterocycles. The predicted octanol–water partition coefficient (Wildman–Crippen LogP) is 2.68. The molecule has 1 aromatic carbocycles. The molecular weight excluding hydrogens is 304 g/mol. The van der Waals surface area contributed by atoms with Gasteiger partial charge in [-0.2, -0.15) is 4.98 Å². The summed E-state index contributed by atoms with van der Waals surface area (Å²) in [5.41, 5.74) is 2.20. The van der Waals surface area contributed by atoms with Gasteiger partial charge in [-0.15, -0.1) is 6.42 Å². The number of aryl methyl sites for hydroxylation is 1. The fourth-order valence-electron chi connectivity index (χ4n) is 2.11. The van der Waals surface area contributed by atoms with Gasteiger partial charge in [0.15, 0.2) is 0 Å². The third-order valence-electron chi connectivity index (χ3n) is 3.29. The van der Waals surface area contributed by atoms with Crippen LogP contribution in [0.1, 0.15) is 17.9 Å². The van der Waals surface area contributed by atoms with Crippen molar-refractivity contribution >= 4 is 11.6 Å². The normalized spacial score (nSPS) is 10.1. The average Bonchev–Trinajstić information content (AvgIpc) is 3.10. The van der Waals surface area contributed by atoms with Gasteiger partial charge >= 0.3 is 0 Å². The van der Waals surface area contributed by atoms with Crippen LogP contribution in [-0.2, 0) is 11.2 Å². The molecule has 3 aromatic rings. The standard InChI is InChI=1S/C18H14N4O2/c1-2-13-4-3-5-15(12-13)20-16(23)6-7-17-21-18(22-24-17)14-8-10-19-11-9-14/h1,3-5,8-12H,6-7H2,(H,20,23). The number of nitrogens with zero attached hydrogens (tertiary/aromatic N) is 3. The molecule has 0 radical (unpaired) electrons. The molecule has 0 spiro atoms. The van der Waals surface area contributed by atoms with Gasteiger partial charge in [0.25, 0.3) is 0 Å². The second kappa shape index (κ2) is 7.20. The minimum atomic E-state index is -0.146. The zero-order chi connectivity index (χ0) is 16.8. The first-order valence-corrected chi connectivity index (χ1v) is 7.34. The highest BCUT2D eigenvalue weighted by molar-refractivity contribution is 5.90. The van der Waals surface area contributed by atoms with Crippen LogP contribution in [0, 0.1) is 12.3 Å². The Kier molecular flexibility index (Phi) is 4.63. The van der Waals surface area contributed by atoms with E-state index < -0.39 is 0 Å². The molecule has 0 saturated carbocycles. The molecule has 6 heteroatoms. The van der Waals surface area contributed by atoms with E-state index in [2.05, 4.69) is 26.4 Å². The number of hydrogen-bond acceptors (Lipinski definition) is 5. The highest BCUT2D eigenvalue weighted by atomic mass is 16.5. The van der Waals surface area contributed by atoms with Gasteiger partial charge in [-0.3, -0.25) is 9.78 Å². The number of hydrogen-bond donors (Lipinski definition) is 1. The van der Waals surface area contributed by atoms with Crippen molar-refractivity contribution in [2.45, 2.75) is 12.8 Å². The molecule has 0 aliphatic heterocycles. The van der Waals surface area contributed by atoms with Gasteiger partial charge in [-0.25, -0.2) is 0 Å². The molecular formula is C18H14N4O2. The van der Waals surface area contributed by atoms with Crippen molar-refractivity contribution in [3.05, 3.63) is 60.2 Å². The predicted molar refractivity (Wildman–Crippen MR) is 88.9 cm³/mol. The third-order valence-corrected chi connectivity index (χ3v) is 3.29. The molecule has 24 heavy (non-hydrogen) atoms. The lowest BCUT2D eigenvalue weighted by atomic mass is 10.2. The summed E-state index contributed by atoms with van der Waals surface area (Å²) in [6, 6.07) is 10.7. The van der Waals surface area contributed by atoms with Crippen molar-refractivity contribution in [2.75, 3.05) is 5.32 Å². The number of rotatable bonds is 5. The number of terminal acetylenes is 1. The lowest BCUT2D eigenvalue weighted by Gasteiger charge is -2.04. The van der Waals surface area contributed by atoms with Crippen LogP contribution in [0.15, 0.2) is 53.3 Å². The fourth-order valence-corrected chi connectivity index (χ4v) is 2.11. The van der Waals surface area contributed by atoms with E-state index in [0.29, 0.717) is 29.4 Å². The maximum Gasteiger partial charge on any atom is 0.227 e. The van der Waals surface area contributed by atoms with Gasteiger partial charge in [0.05, 0.1) is 0 Å². The van der Waals surface area contributed by atoms with Gasteiger partial charge in [0, 0.05) is 42.0 Å². The Hall–Kier alpha value is -3.46. The Morgan fingerprint density at radius 2 is 2.08 bits per heavy atom. The molecule has 118 valence electrons. The van der Waals surface area contributed by atoms with Gasteiger partial charge < -0.3 is 9.84 Å². The van der Waals surface area contributed by atoms with E-state index in [0.717, 1.165) is 5.56 Å². The summed E-state index contributed by atoms with van der Waals surface area (Å²) < 4.78 is 5.17. The largest absolute Gasteiger partial charge is 0.339 e. The number of aromatic nitrogens is 3. The van der Waals surface area contributed by atoms with E-state index in [1.807, 2.05) is 0 Å². The Balaban J connectivity index is 1.57. The van der Waals surface area contributed by atoms with Crippen molar-refractivity contribution < 1.29 is 9.32 Å². The van der Waals surface area contributed by atoms with Crippen molar-refractivity contribution in [1.82, 2.24) is 15.1 Å². The second-order valence-corrected chi connectivity index (χ2v) is 5.02. The number of carbonyl (C=O) groups is 1. The molecule has 3 rings (SSSR count). The van der Waals surface area contributed by atoms with Crippen LogP contribution in [0.2, 0.25) is 0 Å². The molecule has 0 unspecified atom stereocenters. The first-order chi connectivity index (χ1) is 11.7. The van der Waals surface area contributed by atoms with Crippen LogP contribution < -0.4 is 5.32 Å². The number of anilines is 1. The second-order valence-electron chi connectivity index (χ2n) is 5.02. The minimum absolute atomic E-state index is 0.146. The summed E-state index contributed by atoms with van der Waals surface area (Å²) in [6.07, 6.45) is 9.25. The minimum Gasteiger partial charge on any atom is -0.339 e. The van der Waals surface area contributed by atoms with Gasteiger partial charge in [-0.05, 0) is 30.3 Å². The van der Waals surface area contributed by atoms with Gasteiger partial charge in [0.2, 0.25) is 17.6 Å². The Bertz CT molecular complexity index is 881.